The lowest BCUT2D eigenvalue weighted by atomic mass is 9.83. The van der Waals surface area contributed by atoms with Gasteiger partial charge in [-0.15, -0.1) is 0 Å². The fourth-order valence-electron chi connectivity index (χ4n) is 7.28. The minimum atomic E-state index is -1.18. The van der Waals surface area contributed by atoms with Crippen molar-refractivity contribution in [3.8, 4) is 0 Å². The van der Waals surface area contributed by atoms with Crippen LogP contribution in [0.15, 0.2) is 42.2 Å². The van der Waals surface area contributed by atoms with Crippen LogP contribution in [0.25, 0.3) is 0 Å². The molecule has 3 atom stereocenters. The molecule has 0 aliphatic carbocycles. The minimum Gasteiger partial charge on any atom is -0.370 e. The molecule has 1 aromatic carbocycles. The van der Waals surface area contributed by atoms with E-state index in [0.29, 0.717) is 30.7 Å². The molecule has 15 N–H and O–H groups in total. The number of aliphatic imine (C=N–C) groups is 1. The summed E-state index contributed by atoms with van der Waals surface area (Å²) in [7, 11) is 0. The molecule has 22 nitrogen and oxygen atoms in total. The molecule has 0 radical (unpaired) electrons. The van der Waals surface area contributed by atoms with Crippen molar-refractivity contribution in [3.05, 3.63) is 93.3 Å². The first kappa shape index (κ1) is 48.3. The number of nitrogens with two attached hydrogens (primary N) is 3. The van der Waals surface area contributed by atoms with Gasteiger partial charge in [0, 0.05) is 76.6 Å². The highest BCUT2D eigenvalue weighted by molar-refractivity contribution is 6.02. The summed E-state index contributed by atoms with van der Waals surface area (Å²) in [6.07, 6.45) is 7.92. The summed E-state index contributed by atoms with van der Waals surface area (Å²) in [6.45, 7) is 8.38. The maximum Gasteiger partial charge on any atom is 0.296 e. The average Bonchev–Trinajstić information content (AvgIpc) is 4.06. The van der Waals surface area contributed by atoms with Crippen LogP contribution in [0, 0.1) is 0 Å². The molecule has 0 unspecified atom stereocenters. The van der Waals surface area contributed by atoms with Gasteiger partial charge in [-0.1, -0.05) is 20.8 Å². The maximum absolute atomic E-state index is 13.7. The van der Waals surface area contributed by atoms with Crippen molar-refractivity contribution in [1.82, 2.24) is 56.8 Å². The summed E-state index contributed by atoms with van der Waals surface area (Å²) < 4.78 is 0. The van der Waals surface area contributed by atoms with Crippen LogP contribution in [0.3, 0.4) is 0 Å². The first-order chi connectivity index (χ1) is 30.1. The Morgan fingerprint density at radius 3 is 1.44 bits per heavy atom. The number of aromatic amines is 3. The highest BCUT2D eigenvalue weighted by Crippen LogP contribution is 2.31. The van der Waals surface area contributed by atoms with Gasteiger partial charge < -0.3 is 64.1 Å². The molecule has 0 aliphatic rings. The number of carbonyl (C=O) groups excluding carboxylic acids is 7. The molecule has 4 aromatic rings. The zero-order valence-corrected chi connectivity index (χ0v) is 36.0. The molecule has 3 heterocycles. The van der Waals surface area contributed by atoms with Gasteiger partial charge in [0.25, 0.3) is 11.8 Å². The Labute approximate surface area is 363 Å². The number of nitrogens with zero attached hydrogens (tertiary/aromatic N) is 3. The van der Waals surface area contributed by atoms with Gasteiger partial charge in [-0.2, -0.15) is 4.99 Å². The van der Waals surface area contributed by atoms with Gasteiger partial charge in [-0.05, 0) is 64.8 Å². The van der Waals surface area contributed by atoms with Gasteiger partial charge in [-0.25, -0.2) is 9.97 Å². The van der Waals surface area contributed by atoms with Crippen molar-refractivity contribution in [1.29, 1.82) is 0 Å². The van der Waals surface area contributed by atoms with Crippen molar-refractivity contribution < 1.29 is 33.6 Å². The third-order valence-electron chi connectivity index (χ3n) is 10.1. The van der Waals surface area contributed by atoms with Crippen LogP contribution in [0.5, 0.6) is 0 Å². The van der Waals surface area contributed by atoms with Gasteiger partial charge >= 0.3 is 0 Å². The number of rotatable bonds is 22. The lowest BCUT2D eigenvalue weighted by molar-refractivity contribution is -0.128. The zero-order valence-electron chi connectivity index (χ0n) is 36.0. The normalized spacial score (nSPS) is 12.3. The Hall–Kier alpha value is -7.36. The molecular weight excluding hydrogens is 815 g/mol. The van der Waals surface area contributed by atoms with E-state index in [4.69, 9.17) is 17.2 Å². The second-order valence-electron chi connectivity index (χ2n) is 14.6. The molecule has 0 spiro atoms. The number of benzene rings is 1. The standard InChI is InChI=1S/C41H57N15O7/c1-6-25-28(15-47-36(59)31(42)18-50-37(60)32-9-10-33(55-32)40(63)56-41(43)44)26(7-2)30(17-49-39(62)35(54-22(5)58)12-24-14-46-20-52-24)27(8-3)29(25)16-48-38(61)34(53-21(4)57)11-23-13-45-19-51-23/h9-10,13-14,19-20,31,34-35,55H,6-8,11-12,15-18,42H2,1-5H3,(H,45,51)(H,46,52)(H,47,59)(H,48,61)(H,49,62)(H,50,60)(H,53,57)(H,54,58)(H4,43,44,56,63)/t31-,34-,35-/m0/s1. The molecular formula is C41H57N15O7. The summed E-state index contributed by atoms with van der Waals surface area (Å²) in [5, 5.41) is 16.9. The number of carbonyl (C=O) groups is 7. The Morgan fingerprint density at radius 2 is 1.06 bits per heavy atom. The first-order valence-corrected chi connectivity index (χ1v) is 20.4. The summed E-state index contributed by atoms with van der Waals surface area (Å²) >= 11 is 0. The van der Waals surface area contributed by atoms with Gasteiger partial charge in [0.15, 0.2) is 5.96 Å². The number of H-pyrrole nitrogens is 3. The topological polar surface area (TPSA) is 355 Å². The third kappa shape index (κ3) is 13.6. The van der Waals surface area contributed by atoms with E-state index in [0.717, 1.165) is 33.4 Å². The molecule has 22 heteroatoms. The smallest absolute Gasteiger partial charge is 0.296 e. The SMILES string of the molecule is CCc1c(CNC(=O)[C@H](Cc2cnc[nH]2)NC(C)=O)c(CC)c(CNC(=O)[C@@H](N)CNC(=O)c2ccc(C(=O)N=C(N)N)[nH]2)c(CC)c1CNC(=O)[C@H](Cc1cnc[nH]1)NC(C)=O. The Morgan fingerprint density at radius 1 is 0.635 bits per heavy atom. The van der Waals surface area contributed by atoms with Crippen LogP contribution in [0.2, 0.25) is 0 Å². The summed E-state index contributed by atoms with van der Waals surface area (Å²) in [6, 6.07) is -0.330. The highest BCUT2D eigenvalue weighted by atomic mass is 16.2. The first-order valence-electron chi connectivity index (χ1n) is 20.4. The number of nitrogens with one attached hydrogen (secondary N) is 9. The number of amides is 7. The predicted octanol–water partition coefficient (Wildman–Crippen LogP) is -1.34. The number of guanidine groups is 1. The molecule has 0 fully saturated rings. The van der Waals surface area contributed by atoms with E-state index >= 15 is 0 Å². The second-order valence-corrected chi connectivity index (χ2v) is 14.6. The monoisotopic (exact) mass is 871 g/mol. The summed E-state index contributed by atoms with van der Waals surface area (Å²) in [4.78, 5) is 110. The third-order valence-corrected chi connectivity index (χ3v) is 10.1. The van der Waals surface area contributed by atoms with Crippen LogP contribution in [0.4, 0.5) is 0 Å². The summed E-state index contributed by atoms with van der Waals surface area (Å²) in [5.41, 5.74) is 23.0. The number of imidazole rings is 2. The number of hydrogen-bond donors (Lipinski definition) is 12. The predicted molar refractivity (Wildman–Crippen MR) is 231 cm³/mol. The molecule has 63 heavy (non-hydrogen) atoms. The van der Waals surface area contributed by atoms with E-state index in [9.17, 15) is 33.6 Å². The number of hydrogen-bond acceptors (Lipinski definition) is 10. The number of aromatic nitrogens is 5. The molecule has 0 saturated carbocycles. The molecule has 0 bridgehead atoms. The second kappa shape index (κ2) is 23.0. The van der Waals surface area contributed by atoms with Crippen molar-refractivity contribution in [2.45, 2.75) is 104 Å². The van der Waals surface area contributed by atoms with Gasteiger partial charge in [0.1, 0.15) is 29.5 Å². The van der Waals surface area contributed by atoms with Crippen LogP contribution >= 0.6 is 0 Å². The summed E-state index contributed by atoms with van der Waals surface area (Å²) in [5.74, 6) is -4.07. The molecule has 3 aromatic heterocycles. The fourth-order valence-corrected chi connectivity index (χ4v) is 7.28. The Kier molecular flexibility index (Phi) is 17.7. The van der Waals surface area contributed by atoms with E-state index in [1.54, 1.807) is 12.4 Å². The highest BCUT2D eigenvalue weighted by Gasteiger charge is 2.27. The molecule has 0 aliphatic heterocycles. The van der Waals surface area contributed by atoms with Gasteiger partial charge in [-0.3, -0.25) is 33.6 Å². The van der Waals surface area contributed by atoms with Crippen molar-refractivity contribution in [2.24, 2.45) is 22.2 Å². The lowest BCUT2D eigenvalue weighted by Gasteiger charge is -2.28. The van der Waals surface area contributed by atoms with E-state index in [1.807, 2.05) is 20.8 Å². The van der Waals surface area contributed by atoms with E-state index in [-0.39, 0.29) is 62.2 Å². The van der Waals surface area contributed by atoms with Crippen LogP contribution in [-0.2, 0) is 75.7 Å². The van der Waals surface area contributed by atoms with Crippen LogP contribution < -0.4 is 49.1 Å². The van der Waals surface area contributed by atoms with Gasteiger partial charge in [0.05, 0.1) is 12.7 Å². The van der Waals surface area contributed by atoms with Gasteiger partial charge in [0.2, 0.25) is 29.5 Å². The zero-order chi connectivity index (χ0) is 46.2. The molecule has 4 rings (SSSR count). The minimum absolute atomic E-state index is 0.00822. The Balaban J connectivity index is 1.63. The van der Waals surface area contributed by atoms with E-state index in [2.05, 4.69) is 61.8 Å². The largest absolute Gasteiger partial charge is 0.370 e. The van der Waals surface area contributed by atoms with Crippen LogP contribution in [-0.4, -0.2) is 96.9 Å². The van der Waals surface area contributed by atoms with Crippen LogP contribution in [0.1, 0.15) is 100 Å². The van der Waals surface area contributed by atoms with Crippen molar-refractivity contribution in [3.63, 3.8) is 0 Å². The molecule has 0 saturated heterocycles. The fraction of sp³-hybridized carbons (Fsp3) is 0.415. The van der Waals surface area contributed by atoms with Crippen molar-refractivity contribution >= 4 is 47.3 Å². The quantitative estimate of drug-likeness (QED) is 0.0323. The Bertz CT molecular complexity index is 2180. The lowest BCUT2D eigenvalue weighted by Crippen LogP contribution is -2.48. The molecule has 338 valence electrons. The van der Waals surface area contributed by atoms with E-state index < -0.39 is 53.6 Å². The maximum atomic E-state index is 13.7. The molecule has 7 amide bonds. The average molecular weight is 872 g/mol. The van der Waals surface area contributed by atoms with E-state index in [1.165, 1.54) is 38.6 Å². The van der Waals surface area contributed by atoms with Crippen molar-refractivity contribution in [2.75, 3.05) is 6.54 Å².